The van der Waals surface area contributed by atoms with Crippen molar-refractivity contribution in [3.63, 3.8) is 0 Å². The average molecular weight is 390 g/mol. The van der Waals surface area contributed by atoms with E-state index in [2.05, 4.69) is 0 Å². The molecule has 0 aromatic heterocycles. The molecule has 0 saturated carbocycles. The van der Waals surface area contributed by atoms with E-state index in [0.717, 1.165) is 4.90 Å². The van der Waals surface area contributed by atoms with Gasteiger partial charge in [0.15, 0.2) is 0 Å². The predicted octanol–water partition coefficient (Wildman–Crippen LogP) is -3.32. The summed E-state index contributed by atoms with van der Waals surface area (Å²) in [6, 6.07) is 5.32. The third-order valence-electron chi connectivity index (χ3n) is 3.69. The minimum Gasteiger partial charge on any atom is -0.748 e. The minimum atomic E-state index is -4.45. The standard InChI is InChI=1S/C15H16N2O7S.Na/c18-9-11-4-2-10(3-5-11)8-12-13(19)16-15(21)17(14(12)20)6-1-7-25(22,23)24;/h2-5,9,12H,1,6-8H2,(H,16,19,21)(H,22,23,24);/q;+1/p-1. The first kappa shape index (κ1) is 22.5. The molecule has 1 aliphatic rings. The van der Waals surface area contributed by atoms with Gasteiger partial charge in [-0.2, -0.15) is 0 Å². The molecular weight excluding hydrogens is 375 g/mol. The molecule has 26 heavy (non-hydrogen) atoms. The molecule has 4 amide bonds. The molecule has 0 spiro atoms. The number of carbonyl (C=O) groups is 4. The molecule has 2 rings (SSSR count). The zero-order chi connectivity index (χ0) is 18.6. The van der Waals surface area contributed by atoms with Gasteiger partial charge in [-0.1, -0.05) is 24.3 Å². The van der Waals surface area contributed by atoms with Gasteiger partial charge < -0.3 is 4.55 Å². The predicted molar refractivity (Wildman–Crippen MR) is 83.5 cm³/mol. The Kier molecular flexibility index (Phi) is 8.10. The van der Waals surface area contributed by atoms with Crippen LogP contribution in [0.15, 0.2) is 24.3 Å². The third kappa shape index (κ3) is 5.99. The van der Waals surface area contributed by atoms with E-state index in [1.807, 2.05) is 5.32 Å². The maximum absolute atomic E-state index is 12.4. The molecule has 134 valence electrons. The second kappa shape index (κ2) is 9.38. The molecule has 11 heteroatoms. The Hall–Kier alpha value is -1.59. The van der Waals surface area contributed by atoms with E-state index in [1.165, 1.54) is 12.1 Å². The van der Waals surface area contributed by atoms with Gasteiger partial charge in [-0.15, -0.1) is 0 Å². The number of aldehydes is 1. The van der Waals surface area contributed by atoms with Gasteiger partial charge in [0, 0.05) is 17.9 Å². The molecule has 1 fully saturated rings. The van der Waals surface area contributed by atoms with E-state index in [1.54, 1.807) is 12.1 Å². The number of carbonyl (C=O) groups excluding carboxylic acids is 4. The summed E-state index contributed by atoms with van der Waals surface area (Å²) in [4.78, 5) is 47.5. The van der Waals surface area contributed by atoms with Crippen molar-refractivity contribution in [3.05, 3.63) is 35.4 Å². The Bertz CT molecular complexity index is 808. The number of amides is 4. The first-order chi connectivity index (χ1) is 11.7. The van der Waals surface area contributed by atoms with Crippen molar-refractivity contribution >= 4 is 34.2 Å². The number of nitrogens with one attached hydrogen (secondary N) is 1. The fraction of sp³-hybridized carbons (Fsp3) is 0.333. The zero-order valence-corrected chi connectivity index (χ0v) is 16.8. The van der Waals surface area contributed by atoms with E-state index in [0.29, 0.717) is 17.4 Å². The maximum atomic E-state index is 12.4. The Morgan fingerprint density at radius 3 is 2.31 bits per heavy atom. The number of benzene rings is 1. The number of hydrogen-bond donors (Lipinski definition) is 1. The molecule has 1 saturated heterocycles. The van der Waals surface area contributed by atoms with Gasteiger partial charge in [-0.05, 0) is 18.4 Å². The van der Waals surface area contributed by atoms with Gasteiger partial charge in [-0.3, -0.25) is 24.6 Å². The minimum absolute atomic E-state index is 0. The summed E-state index contributed by atoms with van der Waals surface area (Å²) >= 11 is 0. The fourth-order valence-corrected chi connectivity index (χ4v) is 2.90. The smallest absolute Gasteiger partial charge is 0.748 e. The van der Waals surface area contributed by atoms with Crippen molar-refractivity contribution in [2.75, 3.05) is 12.3 Å². The summed E-state index contributed by atoms with van der Waals surface area (Å²) in [7, 11) is -4.45. The Morgan fingerprint density at radius 2 is 1.77 bits per heavy atom. The molecule has 0 aliphatic carbocycles. The Labute approximate surface area is 172 Å². The zero-order valence-electron chi connectivity index (χ0n) is 14.0. The van der Waals surface area contributed by atoms with Gasteiger partial charge in [0.05, 0.1) is 10.1 Å². The van der Waals surface area contributed by atoms with Crippen LogP contribution in [0, 0.1) is 5.92 Å². The quantitative estimate of drug-likeness (QED) is 0.222. The molecule has 1 aromatic rings. The molecule has 1 heterocycles. The van der Waals surface area contributed by atoms with Crippen LogP contribution >= 0.6 is 0 Å². The molecule has 9 nitrogen and oxygen atoms in total. The molecule has 1 unspecified atom stereocenters. The normalized spacial score (nSPS) is 17.5. The van der Waals surface area contributed by atoms with E-state index in [9.17, 15) is 32.1 Å². The summed E-state index contributed by atoms with van der Waals surface area (Å²) in [5.74, 6) is -3.36. The SMILES string of the molecule is O=Cc1ccc(CC2C(=O)NC(=O)N(CCCS(=O)(=O)[O-])C2=O)cc1.[Na+]. The van der Waals surface area contributed by atoms with E-state index >= 15 is 0 Å². The molecule has 1 aromatic carbocycles. The van der Waals surface area contributed by atoms with E-state index in [4.69, 9.17) is 0 Å². The summed E-state index contributed by atoms with van der Waals surface area (Å²) < 4.78 is 31.8. The van der Waals surface area contributed by atoms with Crippen molar-refractivity contribution in [2.24, 2.45) is 5.92 Å². The number of imide groups is 2. The largest absolute Gasteiger partial charge is 1.00 e. The van der Waals surface area contributed by atoms with E-state index < -0.39 is 39.6 Å². The summed E-state index contributed by atoms with van der Waals surface area (Å²) in [6.07, 6.45) is 0.472. The summed E-state index contributed by atoms with van der Waals surface area (Å²) in [5, 5.41) is 2.04. The van der Waals surface area contributed by atoms with Crippen LogP contribution in [-0.4, -0.2) is 54.3 Å². The van der Waals surface area contributed by atoms with Crippen molar-refractivity contribution < 1.29 is 61.7 Å². The summed E-state index contributed by atoms with van der Waals surface area (Å²) in [5.41, 5.74) is 1.06. The monoisotopic (exact) mass is 390 g/mol. The first-order valence-electron chi connectivity index (χ1n) is 7.35. The first-order valence-corrected chi connectivity index (χ1v) is 8.93. The number of urea groups is 1. The van der Waals surface area contributed by atoms with Crippen molar-refractivity contribution in [3.8, 4) is 0 Å². The molecule has 1 N–H and O–H groups in total. The van der Waals surface area contributed by atoms with Crippen LogP contribution in [0.5, 0.6) is 0 Å². The fourth-order valence-electron chi connectivity index (χ4n) is 2.42. The van der Waals surface area contributed by atoms with Crippen LogP contribution in [0.3, 0.4) is 0 Å². The third-order valence-corrected chi connectivity index (χ3v) is 4.48. The van der Waals surface area contributed by atoms with Gasteiger partial charge in [-0.25, -0.2) is 13.2 Å². The van der Waals surface area contributed by atoms with Crippen LogP contribution in [-0.2, 0) is 26.1 Å². The van der Waals surface area contributed by atoms with E-state index in [-0.39, 0.29) is 48.9 Å². The van der Waals surface area contributed by atoms with Crippen LogP contribution in [0.2, 0.25) is 0 Å². The van der Waals surface area contributed by atoms with Gasteiger partial charge in [0.25, 0.3) is 0 Å². The second-order valence-corrected chi connectivity index (χ2v) is 7.04. The average Bonchev–Trinajstić information content (AvgIpc) is 2.54. The van der Waals surface area contributed by atoms with Crippen molar-refractivity contribution in [1.29, 1.82) is 0 Å². The summed E-state index contributed by atoms with van der Waals surface area (Å²) in [6.45, 7) is -0.278. The topological polar surface area (TPSA) is 141 Å². The number of barbiturate groups is 1. The Balaban J connectivity index is 0.00000338. The molecule has 0 bridgehead atoms. The molecule has 1 atom stereocenters. The van der Waals surface area contributed by atoms with Gasteiger partial charge in [0.2, 0.25) is 11.8 Å². The number of hydrogen-bond acceptors (Lipinski definition) is 7. The molecule has 1 aliphatic heterocycles. The van der Waals surface area contributed by atoms with Crippen molar-refractivity contribution in [2.45, 2.75) is 12.8 Å². The van der Waals surface area contributed by atoms with Gasteiger partial charge >= 0.3 is 35.6 Å². The van der Waals surface area contributed by atoms with Crippen molar-refractivity contribution in [1.82, 2.24) is 10.2 Å². The number of rotatable bonds is 7. The number of nitrogens with zero attached hydrogens (tertiary/aromatic N) is 1. The van der Waals surface area contributed by atoms with Crippen LogP contribution in [0.4, 0.5) is 4.79 Å². The Morgan fingerprint density at radius 1 is 1.15 bits per heavy atom. The van der Waals surface area contributed by atoms with Crippen LogP contribution < -0.4 is 34.9 Å². The van der Waals surface area contributed by atoms with Gasteiger partial charge in [0.1, 0.15) is 12.2 Å². The maximum Gasteiger partial charge on any atom is 1.00 e. The molecule has 0 radical (unpaired) electrons. The second-order valence-electron chi connectivity index (χ2n) is 5.52. The van der Waals surface area contributed by atoms with Crippen LogP contribution in [0.25, 0.3) is 0 Å². The molecular formula is C15H15N2NaO7S. The van der Waals surface area contributed by atoms with Crippen LogP contribution in [0.1, 0.15) is 22.3 Å².